The Morgan fingerprint density at radius 3 is 1.40 bits per heavy atom. The van der Waals surface area contributed by atoms with Gasteiger partial charge in [0.05, 0.1) is 0 Å². The van der Waals surface area contributed by atoms with Gasteiger partial charge in [-0.1, -0.05) is 39.5 Å². The fraction of sp³-hybridized carbons (Fsp3) is 0.800. The third kappa shape index (κ3) is 8.00. The highest BCUT2D eigenvalue weighted by atomic mass is 13.9. The van der Waals surface area contributed by atoms with E-state index >= 15 is 0 Å². The molecule has 2 radical (unpaired) electrons. The Bertz CT molecular complexity index is 40.0. The predicted molar refractivity (Wildman–Crippen MR) is 47.7 cm³/mol. The minimum absolute atomic E-state index is 1.29. The highest BCUT2D eigenvalue weighted by Gasteiger charge is 1.88. The topological polar surface area (TPSA) is 0 Å². The van der Waals surface area contributed by atoms with Crippen LogP contribution in [-0.2, 0) is 0 Å². The van der Waals surface area contributed by atoms with Crippen molar-refractivity contribution < 1.29 is 0 Å². The van der Waals surface area contributed by atoms with Crippen LogP contribution in [0.2, 0.25) is 0 Å². The fourth-order valence-corrected chi connectivity index (χ4v) is 0.933. The molecule has 0 aliphatic heterocycles. The molecule has 60 valence electrons. The van der Waals surface area contributed by atoms with Crippen molar-refractivity contribution >= 4 is 0 Å². The second-order valence-electron chi connectivity index (χ2n) is 2.73. The van der Waals surface area contributed by atoms with Crippen molar-refractivity contribution in [2.24, 2.45) is 0 Å². The first-order valence-electron chi connectivity index (χ1n) is 4.55. The van der Waals surface area contributed by atoms with Gasteiger partial charge in [-0.3, -0.25) is 0 Å². The molecule has 0 N–H and O–H groups in total. The summed E-state index contributed by atoms with van der Waals surface area (Å²) in [6.07, 6.45) is 12.5. The molecule has 0 saturated carbocycles. The zero-order valence-corrected chi connectivity index (χ0v) is 7.40. The molecule has 0 aromatic rings. The van der Waals surface area contributed by atoms with Gasteiger partial charge in [0, 0.05) is 0 Å². The van der Waals surface area contributed by atoms with Crippen molar-refractivity contribution in [1.82, 2.24) is 0 Å². The highest BCUT2D eigenvalue weighted by molar-refractivity contribution is 4.70. The Balaban J connectivity index is 2.65. The van der Waals surface area contributed by atoms with E-state index in [4.69, 9.17) is 0 Å². The summed E-state index contributed by atoms with van der Waals surface area (Å²) in [5.74, 6) is 0. The lowest BCUT2D eigenvalue weighted by atomic mass is 10.1. The highest BCUT2D eigenvalue weighted by Crippen LogP contribution is 2.05. The number of hydrogen-bond acceptors (Lipinski definition) is 0. The lowest BCUT2D eigenvalue weighted by Crippen LogP contribution is -1.79. The molecule has 0 aliphatic carbocycles. The van der Waals surface area contributed by atoms with Crippen LogP contribution in [0.25, 0.3) is 0 Å². The van der Waals surface area contributed by atoms with Gasteiger partial charge in [-0.15, -0.1) is 0 Å². The van der Waals surface area contributed by atoms with Crippen molar-refractivity contribution in [3.63, 3.8) is 0 Å². The first kappa shape index (κ1) is 10.0. The zero-order valence-electron chi connectivity index (χ0n) is 7.40. The van der Waals surface area contributed by atoms with Gasteiger partial charge in [0.15, 0.2) is 0 Å². The third-order valence-corrected chi connectivity index (χ3v) is 1.56. The molecule has 0 aromatic heterocycles. The molecular weight excluding hydrogens is 120 g/mol. The molecule has 0 saturated heterocycles. The Morgan fingerprint density at radius 1 is 0.700 bits per heavy atom. The van der Waals surface area contributed by atoms with Gasteiger partial charge in [0.2, 0.25) is 0 Å². The lowest BCUT2D eigenvalue weighted by Gasteiger charge is -1.97. The van der Waals surface area contributed by atoms with Gasteiger partial charge < -0.3 is 0 Å². The first-order valence-corrected chi connectivity index (χ1v) is 4.55. The summed E-state index contributed by atoms with van der Waals surface area (Å²) < 4.78 is 0. The van der Waals surface area contributed by atoms with E-state index in [0.29, 0.717) is 0 Å². The third-order valence-electron chi connectivity index (χ3n) is 1.56. The average molecular weight is 140 g/mol. The maximum absolute atomic E-state index is 2.40. The molecule has 0 rings (SSSR count). The number of rotatable bonds is 7. The van der Waals surface area contributed by atoms with E-state index in [1.165, 1.54) is 38.5 Å². The van der Waals surface area contributed by atoms with Crippen LogP contribution >= 0.6 is 0 Å². The molecular formula is C10H20. The molecule has 0 atom stereocenters. The van der Waals surface area contributed by atoms with Crippen LogP contribution < -0.4 is 0 Å². The van der Waals surface area contributed by atoms with E-state index in [1.54, 1.807) is 0 Å². The first-order chi connectivity index (χ1) is 4.91. The van der Waals surface area contributed by atoms with Gasteiger partial charge >= 0.3 is 0 Å². The minimum Gasteiger partial charge on any atom is -0.0654 e. The van der Waals surface area contributed by atoms with Crippen LogP contribution in [0.3, 0.4) is 0 Å². The summed E-state index contributed by atoms with van der Waals surface area (Å²) in [7, 11) is 0. The van der Waals surface area contributed by atoms with E-state index in [1.807, 2.05) is 0 Å². The lowest BCUT2D eigenvalue weighted by molar-refractivity contribution is 0.763. The second-order valence-corrected chi connectivity index (χ2v) is 2.73. The van der Waals surface area contributed by atoms with E-state index in [0.717, 1.165) is 0 Å². The van der Waals surface area contributed by atoms with Crippen molar-refractivity contribution in [3.05, 3.63) is 12.8 Å². The smallest absolute Gasteiger partial charge is 0.0386 e. The van der Waals surface area contributed by atoms with E-state index < -0.39 is 0 Å². The zero-order chi connectivity index (χ0) is 7.66. The van der Waals surface area contributed by atoms with E-state index in [2.05, 4.69) is 26.7 Å². The summed E-state index contributed by atoms with van der Waals surface area (Å²) in [6, 6.07) is 0. The van der Waals surface area contributed by atoms with Crippen molar-refractivity contribution in [1.29, 1.82) is 0 Å². The molecule has 0 heterocycles. The van der Waals surface area contributed by atoms with Gasteiger partial charge in [-0.05, 0) is 25.7 Å². The molecule has 0 nitrogen and oxygen atoms in total. The van der Waals surface area contributed by atoms with Crippen molar-refractivity contribution in [2.45, 2.75) is 52.4 Å². The van der Waals surface area contributed by atoms with Crippen molar-refractivity contribution in [3.8, 4) is 0 Å². The molecule has 0 bridgehead atoms. The number of hydrogen-bond donors (Lipinski definition) is 0. The van der Waals surface area contributed by atoms with E-state index in [-0.39, 0.29) is 0 Å². The Morgan fingerprint density at radius 2 is 1.10 bits per heavy atom. The van der Waals surface area contributed by atoms with Gasteiger partial charge in [0.1, 0.15) is 0 Å². The molecule has 0 spiro atoms. The normalized spacial score (nSPS) is 10.2. The largest absolute Gasteiger partial charge is 0.0654 e. The number of unbranched alkanes of at least 4 members (excludes halogenated alkanes) is 7. The molecule has 0 unspecified atom stereocenters. The predicted octanol–water partition coefficient (Wildman–Crippen LogP) is 3.78. The second kappa shape index (κ2) is 9.00. The van der Waals surface area contributed by atoms with Crippen molar-refractivity contribution in [2.75, 3.05) is 0 Å². The standard InChI is InChI=1S/C10H20/c1-3-5-7-9-10-8-6-4-2/h7-8H,3-6,9-10H2,1-2H3. The van der Waals surface area contributed by atoms with Crippen LogP contribution in [0, 0.1) is 12.8 Å². The molecule has 0 amide bonds. The van der Waals surface area contributed by atoms with E-state index in [9.17, 15) is 0 Å². The summed E-state index contributed by atoms with van der Waals surface area (Å²) in [4.78, 5) is 0. The summed E-state index contributed by atoms with van der Waals surface area (Å²) in [5.41, 5.74) is 0. The Kier molecular flexibility index (Phi) is 9.00. The van der Waals surface area contributed by atoms with Gasteiger partial charge in [-0.25, -0.2) is 0 Å². The molecule has 0 fully saturated rings. The van der Waals surface area contributed by atoms with Gasteiger partial charge in [0.25, 0.3) is 0 Å². The molecule has 10 heavy (non-hydrogen) atoms. The molecule has 0 aromatic carbocycles. The van der Waals surface area contributed by atoms with Crippen LogP contribution in [0.15, 0.2) is 0 Å². The van der Waals surface area contributed by atoms with Gasteiger partial charge in [-0.2, -0.15) is 0 Å². The molecule has 0 heteroatoms. The van der Waals surface area contributed by atoms with Crippen LogP contribution in [0.5, 0.6) is 0 Å². The minimum atomic E-state index is 1.29. The summed E-state index contributed by atoms with van der Waals surface area (Å²) in [6.45, 7) is 4.46. The Hall–Kier alpha value is 0. The average Bonchev–Trinajstić information content (AvgIpc) is 1.97. The maximum Gasteiger partial charge on any atom is -0.0386 e. The quantitative estimate of drug-likeness (QED) is 0.472. The van der Waals surface area contributed by atoms with Crippen LogP contribution in [0.4, 0.5) is 0 Å². The van der Waals surface area contributed by atoms with Crippen LogP contribution in [-0.4, -0.2) is 0 Å². The monoisotopic (exact) mass is 140 g/mol. The van der Waals surface area contributed by atoms with Crippen LogP contribution in [0.1, 0.15) is 52.4 Å². The summed E-state index contributed by atoms with van der Waals surface area (Å²) >= 11 is 0. The fourth-order valence-electron chi connectivity index (χ4n) is 0.933. The molecule has 0 aliphatic rings. The maximum atomic E-state index is 2.40. The SMILES string of the molecule is CCC[CH]CC[CH]CCC. The Labute approximate surface area is 66.0 Å². The summed E-state index contributed by atoms with van der Waals surface area (Å²) in [5, 5.41) is 0.